The van der Waals surface area contributed by atoms with Crippen molar-refractivity contribution >= 4 is 5.97 Å². The van der Waals surface area contributed by atoms with Crippen LogP contribution in [-0.4, -0.2) is 11.1 Å². The molecule has 16 heavy (non-hydrogen) atoms. The number of carbonyl (C=O) groups is 1. The van der Waals surface area contributed by atoms with Crippen molar-refractivity contribution in [2.24, 2.45) is 29.1 Å². The van der Waals surface area contributed by atoms with E-state index in [9.17, 15) is 4.79 Å². The number of hydrogen-bond donors (Lipinski definition) is 1. The van der Waals surface area contributed by atoms with Crippen LogP contribution in [0.2, 0.25) is 0 Å². The number of carboxylic acids is 1. The molecule has 0 aromatic carbocycles. The number of aliphatic carboxylic acids is 1. The molecule has 0 heterocycles. The van der Waals surface area contributed by atoms with E-state index in [-0.39, 0.29) is 0 Å². The average molecular weight is 222 g/mol. The monoisotopic (exact) mass is 222 g/mol. The summed E-state index contributed by atoms with van der Waals surface area (Å²) in [5, 5.41) is 8.91. The third kappa shape index (κ3) is 1.59. The molecule has 3 fully saturated rings. The summed E-state index contributed by atoms with van der Waals surface area (Å²) in [6.07, 6.45) is 4.52. The molecule has 90 valence electrons. The highest BCUT2D eigenvalue weighted by Crippen LogP contribution is 2.63. The van der Waals surface area contributed by atoms with Gasteiger partial charge in [-0.1, -0.05) is 26.8 Å². The summed E-state index contributed by atoms with van der Waals surface area (Å²) in [7, 11) is 0. The van der Waals surface area contributed by atoms with Gasteiger partial charge in [-0.15, -0.1) is 0 Å². The highest BCUT2D eigenvalue weighted by Gasteiger charge is 2.55. The van der Waals surface area contributed by atoms with Crippen LogP contribution < -0.4 is 0 Å². The van der Waals surface area contributed by atoms with Crippen LogP contribution in [0, 0.1) is 29.1 Å². The van der Waals surface area contributed by atoms with Gasteiger partial charge in [0.05, 0.1) is 0 Å². The number of rotatable bonds is 2. The third-order valence-corrected chi connectivity index (χ3v) is 5.21. The van der Waals surface area contributed by atoms with E-state index in [1.54, 1.807) is 6.92 Å². The molecule has 0 aliphatic heterocycles. The van der Waals surface area contributed by atoms with Gasteiger partial charge in [0.25, 0.3) is 0 Å². The van der Waals surface area contributed by atoms with Gasteiger partial charge in [0.2, 0.25) is 0 Å². The second-order valence-electron chi connectivity index (χ2n) is 6.27. The quantitative estimate of drug-likeness (QED) is 0.728. The molecule has 2 heteroatoms. The Hall–Kier alpha value is -0.790. The van der Waals surface area contributed by atoms with Crippen molar-refractivity contribution in [3.8, 4) is 0 Å². The molecule has 3 aliphatic rings. The molecular weight excluding hydrogens is 200 g/mol. The Bertz CT molecular complexity index is 341. The van der Waals surface area contributed by atoms with Crippen LogP contribution in [0.1, 0.15) is 40.5 Å². The van der Waals surface area contributed by atoms with Crippen LogP contribution in [0.5, 0.6) is 0 Å². The second kappa shape index (κ2) is 3.61. The summed E-state index contributed by atoms with van der Waals surface area (Å²) < 4.78 is 0. The summed E-state index contributed by atoms with van der Waals surface area (Å²) in [5.74, 6) is 1.93. The maximum Gasteiger partial charge on any atom is 0.330 e. The molecule has 2 nitrogen and oxygen atoms in total. The molecule has 0 amide bonds. The third-order valence-electron chi connectivity index (χ3n) is 5.21. The Balaban J connectivity index is 2.12. The van der Waals surface area contributed by atoms with Crippen LogP contribution in [0.4, 0.5) is 0 Å². The Morgan fingerprint density at radius 3 is 2.44 bits per heavy atom. The lowest BCUT2D eigenvalue weighted by Crippen LogP contribution is -2.54. The van der Waals surface area contributed by atoms with E-state index in [0.717, 1.165) is 11.8 Å². The highest BCUT2D eigenvalue weighted by molar-refractivity contribution is 5.85. The molecule has 3 saturated carbocycles. The Labute approximate surface area is 97.7 Å². The first kappa shape index (κ1) is 11.7. The van der Waals surface area contributed by atoms with Gasteiger partial charge < -0.3 is 5.11 Å². The minimum Gasteiger partial charge on any atom is -0.478 e. The lowest BCUT2D eigenvalue weighted by atomic mass is 9.43. The topological polar surface area (TPSA) is 37.3 Å². The SMILES string of the molecule is CC(=C[C@@H]1C[C@H]2C[C@H]([C@@H]1C)C2(C)C)C(=O)O. The largest absolute Gasteiger partial charge is 0.478 e. The van der Waals surface area contributed by atoms with E-state index < -0.39 is 5.97 Å². The molecule has 1 N–H and O–H groups in total. The van der Waals surface area contributed by atoms with Gasteiger partial charge in [-0.25, -0.2) is 4.79 Å². The molecule has 4 atom stereocenters. The fourth-order valence-corrected chi connectivity index (χ4v) is 3.80. The van der Waals surface area contributed by atoms with Crippen molar-refractivity contribution in [1.82, 2.24) is 0 Å². The van der Waals surface area contributed by atoms with Crippen LogP contribution >= 0.6 is 0 Å². The average Bonchev–Trinajstić information content (AvgIpc) is 2.19. The summed E-state index contributed by atoms with van der Waals surface area (Å²) >= 11 is 0. The maximum atomic E-state index is 10.8. The van der Waals surface area contributed by atoms with E-state index in [0.29, 0.717) is 22.8 Å². The fourth-order valence-electron chi connectivity index (χ4n) is 3.80. The van der Waals surface area contributed by atoms with Gasteiger partial charge in [-0.3, -0.25) is 0 Å². The van der Waals surface area contributed by atoms with Gasteiger partial charge in [0.15, 0.2) is 0 Å². The molecule has 0 saturated heterocycles. The lowest BCUT2D eigenvalue weighted by molar-refractivity contribution is -0.133. The van der Waals surface area contributed by atoms with Gasteiger partial charge in [0, 0.05) is 5.57 Å². The standard InChI is InChI=1S/C14H22O2/c1-8(13(15)16)5-10-6-11-7-12(9(10)2)14(11,3)4/h5,9-12H,6-7H2,1-4H3,(H,15,16)/t9-,10-,11+,12-/m1/s1. The number of fused-ring (bicyclic) bond motifs is 2. The minimum atomic E-state index is -0.772. The molecule has 0 unspecified atom stereocenters. The van der Waals surface area contributed by atoms with Crippen molar-refractivity contribution in [3.05, 3.63) is 11.6 Å². The van der Waals surface area contributed by atoms with Crippen molar-refractivity contribution < 1.29 is 9.90 Å². The van der Waals surface area contributed by atoms with E-state index >= 15 is 0 Å². The smallest absolute Gasteiger partial charge is 0.330 e. The maximum absolute atomic E-state index is 10.8. The Morgan fingerprint density at radius 2 is 2.00 bits per heavy atom. The van der Waals surface area contributed by atoms with Crippen molar-refractivity contribution in [2.75, 3.05) is 0 Å². The second-order valence-corrected chi connectivity index (χ2v) is 6.27. The zero-order valence-electron chi connectivity index (χ0n) is 10.7. The first-order chi connectivity index (χ1) is 7.34. The molecule has 0 aromatic rings. The zero-order valence-corrected chi connectivity index (χ0v) is 10.7. The van der Waals surface area contributed by atoms with E-state index in [1.165, 1.54) is 12.8 Å². The van der Waals surface area contributed by atoms with Crippen LogP contribution in [0.15, 0.2) is 11.6 Å². The molecule has 0 spiro atoms. The van der Waals surface area contributed by atoms with Crippen LogP contribution in [0.3, 0.4) is 0 Å². The molecule has 3 aliphatic carbocycles. The van der Waals surface area contributed by atoms with Crippen molar-refractivity contribution in [3.63, 3.8) is 0 Å². The fraction of sp³-hybridized carbons (Fsp3) is 0.786. The van der Waals surface area contributed by atoms with Crippen LogP contribution in [0.25, 0.3) is 0 Å². The molecular formula is C14H22O2. The summed E-state index contributed by atoms with van der Waals surface area (Å²) in [6.45, 7) is 8.73. The predicted molar refractivity (Wildman–Crippen MR) is 64.0 cm³/mol. The van der Waals surface area contributed by atoms with Gasteiger partial charge in [-0.2, -0.15) is 0 Å². The molecule has 0 radical (unpaired) electrons. The first-order valence-electron chi connectivity index (χ1n) is 6.25. The van der Waals surface area contributed by atoms with E-state index in [4.69, 9.17) is 5.11 Å². The summed E-state index contributed by atoms with van der Waals surface area (Å²) in [5.41, 5.74) is 0.997. The van der Waals surface area contributed by atoms with E-state index in [1.807, 2.05) is 6.08 Å². The normalized spacial score (nSPS) is 41.4. The number of hydrogen-bond acceptors (Lipinski definition) is 1. The number of carboxylic acid groups (broad SMARTS) is 1. The Kier molecular flexibility index (Phi) is 2.64. The number of allylic oxidation sites excluding steroid dienone is 1. The summed E-state index contributed by atoms with van der Waals surface area (Å²) in [6, 6.07) is 0. The van der Waals surface area contributed by atoms with Crippen molar-refractivity contribution in [2.45, 2.75) is 40.5 Å². The first-order valence-corrected chi connectivity index (χ1v) is 6.25. The summed E-state index contributed by atoms with van der Waals surface area (Å²) in [4.78, 5) is 10.8. The van der Waals surface area contributed by atoms with Gasteiger partial charge >= 0.3 is 5.97 Å². The lowest BCUT2D eigenvalue weighted by Gasteiger charge is -2.61. The molecule has 3 rings (SSSR count). The Morgan fingerprint density at radius 1 is 1.38 bits per heavy atom. The zero-order chi connectivity index (χ0) is 12.1. The highest BCUT2D eigenvalue weighted by atomic mass is 16.4. The van der Waals surface area contributed by atoms with Gasteiger partial charge in [0.1, 0.15) is 0 Å². The minimum absolute atomic E-state index is 0.480. The van der Waals surface area contributed by atoms with Gasteiger partial charge in [-0.05, 0) is 48.9 Å². The molecule has 2 bridgehead atoms. The predicted octanol–water partition coefficient (Wildman–Crippen LogP) is 3.34. The molecule has 0 aromatic heterocycles. The van der Waals surface area contributed by atoms with Crippen LogP contribution in [-0.2, 0) is 4.79 Å². The van der Waals surface area contributed by atoms with Crippen molar-refractivity contribution in [1.29, 1.82) is 0 Å². The van der Waals surface area contributed by atoms with E-state index in [2.05, 4.69) is 20.8 Å².